The molecular weight excluding hydrogens is 953 g/mol. The summed E-state index contributed by atoms with van der Waals surface area (Å²) in [6, 6.07) is 16.7. The van der Waals surface area contributed by atoms with E-state index in [9.17, 15) is 28.4 Å². The molecule has 2 N–H and O–H groups in total. The second-order valence-electron chi connectivity index (χ2n) is 20.1. The minimum absolute atomic E-state index is 0.0163. The lowest BCUT2D eigenvalue weighted by Crippen LogP contribution is -2.52. The Bertz CT molecular complexity index is 3360. The summed E-state index contributed by atoms with van der Waals surface area (Å²) in [6.45, 7) is 16.6. The Morgan fingerprint density at radius 1 is 0.904 bits per heavy atom. The van der Waals surface area contributed by atoms with Gasteiger partial charge in [-0.15, -0.1) is 0 Å². The maximum Gasteiger partial charge on any atom is 0.355 e. The number of imide groups is 1. The van der Waals surface area contributed by atoms with Crippen LogP contribution in [0, 0.1) is 33.5 Å². The van der Waals surface area contributed by atoms with Crippen molar-refractivity contribution in [3.63, 3.8) is 0 Å². The zero-order chi connectivity index (χ0) is 52.0. The van der Waals surface area contributed by atoms with Gasteiger partial charge in [0, 0.05) is 80.3 Å². The normalized spacial score (nSPS) is 15.6. The summed E-state index contributed by atoms with van der Waals surface area (Å²) in [5, 5.41) is 12.7. The van der Waals surface area contributed by atoms with Crippen molar-refractivity contribution >= 4 is 73.9 Å². The van der Waals surface area contributed by atoms with Crippen LogP contribution in [0.5, 0.6) is 5.75 Å². The molecule has 2 aliphatic rings. The minimum Gasteiger partial charge on any atom is -0.493 e. The number of rotatable bonds is 14. The van der Waals surface area contributed by atoms with Crippen LogP contribution in [0.1, 0.15) is 89.2 Å². The average molecular weight is 1010 g/mol. The van der Waals surface area contributed by atoms with Crippen molar-refractivity contribution in [1.29, 1.82) is 0 Å². The summed E-state index contributed by atoms with van der Waals surface area (Å²) in [6.07, 6.45) is 1.37. The smallest absolute Gasteiger partial charge is 0.355 e. The number of ether oxygens (including phenoxy) is 2. The number of fused-ring (bicyclic) bond motifs is 3. The third kappa shape index (κ3) is 10.3. The fraction of sp³-hybridized carbons (Fsp3) is 0.400. The molecular formula is C55H61ClFN9O7. The number of nitrogens with zero attached hydrogens (tertiary/aromatic N) is 7. The number of hydrogen-bond donors (Lipinski definition) is 2. The third-order valence-corrected chi connectivity index (χ3v) is 14.3. The van der Waals surface area contributed by atoms with E-state index in [0.717, 1.165) is 55.3 Å². The standard InChI is InChI=1S/C55H61ClFN9O7/c1-31-14-16-40(52(69)59-42-20-21-44(67)60-53(42)70)48-49(31)66(34(4)58-48)30-45(68)64-25-22-63(23-26-64)24-27-65-50-39(18-19-41(56)47(50)46-32(2)61-62(8)33(46)3)38(51(65)54(71)73-55(5,6)7)12-10-28-72-43-13-9-11-35-29-36(57)15-17-37(35)43/h9,11,13-19,29,42H,10,12,20-28,30H2,1-8H3,(H,59,69)(H,60,67,70). The van der Waals surface area contributed by atoms with Crippen LogP contribution in [0.4, 0.5) is 4.39 Å². The van der Waals surface area contributed by atoms with Gasteiger partial charge in [-0.25, -0.2) is 14.2 Å². The minimum atomic E-state index is -0.845. The molecule has 2 aliphatic heterocycles. The number of hydrogen-bond acceptors (Lipinski definition) is 10. The molecule has 0 radical (unpaired) electrons. The zero-order valence-electron chi connectivity index (χ0n) is 42.6. The van der Waals surface area contributed by atoms with Gasteiger partial charge in [0.15, 0.2) is 0 Å². The Hall–Kier alpha value is -7.11. The van der Waals surface area contributed by atoms with Gasteiger partial charge < -0.3 is 28.8 Å². The van der Waals surface area contributed by atoms with Crippen molar-refractivity contribution in [3.05, 3.63) is 111 Å². The summed E-state index contributed by atoms with van der Waals surface area (Å²) >= 11 is 7.22. The van der Waals surface area contributed by atoms with Gasteiger partial charge in [-0.2, -0.15) is 5.10 Å². The van der Waals surface area contributed by atoms with Gasteiger partial charge in [0.05, 0.1) is 33.9 Å². The number of esters is 1. The van der Waals surface area contributed by atoms with Crippen LogP contribution in [0.3, 0.4) is 0 Å². The Kier molecular flexibility index (Phi) is 14.2. The molecule has 3 aromatic heterocycles. The summed E-state index contributed by atoms with van der Waals surface area (Å²) in [7, 11) is 1.90. The predicted molar refractivity (Wildman–Crippen MR) is 277 cm³/mol. The van der Waals surface area contributed by atoms with E-state index in [4.69, 9.17) is 31.2 Å². The van der Waals surface area contributed by atoms with Crippen molar-refractivity contribution in [2.24, 2.45) is 7.05 Å². The molecule has 382 valence electrons. The van der Waals surface area contributed by atoms with Gasteiger partial charge in [-0.1, -0.05) is 35.9 Å². The van der Waals surface area contributed by atoms with E-state index in [-0.39, 0.29) is 42.6 Å². The fourth-order valence-corrected chi connectivity index (χ4v) is 10.6. The largest absolute Gasteiger partial charge is 0.493 e. The fourth-order valence-electron chi connectivity index (χ4n) is 10.3. The molecule has 1 atom stereocenters. The van der Waals surface area contributed by atoms with Crippen molar-refractivity contribution in [2.75, 3.05) is 39.3 Å². The molecule has 2 fully saturated rings. The molecule has 5 heterocycles. The SMILES string of the molecule is Cc1nn(C)c(C)c1-c1c(Cl)ccc2c(CCCOc3cccc4cc(F)ccc34)c(C(=O)OC(C)(C)C)n(CCN3CCN(C(=O)Cn4c(C)nc5c(C(=O)NC6CCC(=O)NC6=O)ccc(C)c54)CC3)c12. The van der Waals surface area contributed by atoms with Crippen LogP contribution in [-0.4, -0.2) is 114 Å². The van der Waals surface area contributed by atoms with E-state index in [0.29, 0.717) is 92.0 Å². The van der Waals surface area contributed by atoms with Gasteiger partial charge in [0.2, 0.25) is 17.7 Å². The van der Waals surface area contributed by atoms with Crippen molar-refractivity contribution in [2.45, 2.75) is 98.9 Å². The summed E-state index contributed by atoms with van der Waals surface area (Å²) in [4.78, 5) is 75.3. The molecule has 73 heavy (non-hydrogen) atoms. The number of aryl methyl sites for hydroxylation is 5. The maximum absolute atomic E-state index is 14.7. The monoisotopic (exact) mass is 1010 g/mol. The molecule has 4 amide bonds. The zero-order valence-corrected chi connectivity index (χ0v) is 43.3. The third-order valence-electron chi connectivity index (χ3n) is 14.0. The van der Waals surface area contributed by atoms with Crippen molar-refractivity contribution in [3.8, 4) is 16.9 Å². The van der Waals surface area contributed by atoms with E-state index in [2.05, 4.69) is 20.1 Å². The summed E-state index contributed by atoms with van der Waals surface area (Å²) in [5.74, 6) is -1.05. The van der Waals surface area contributed by atoms with Crippen LogP contribution in [0.25, 0.3) is 43.8 Å². The first-order chi connectivity index (χ1) is 34.8. The number of benzene rings is 4. The van der Waals surface area contributed by atoms with Crippen LogP contribution < -0.4 is 15.4 Å². The van der Waals surface area contributed by atoms with E-state index in [1.165, 1.54) is 12.1 Å². The average Bonchev–Trinajstić information content (AvgIpc) is 3.93. The molecule has 0 spiro atoms. The lowest BCUT2D eigenvalue weighted by Gasteiger charge is -2.35. The second kappa shape index (κ2) is 20.4. The Balaban J connectivity index is 0.962. The number of carbonyl (C=O) groups is 5. The van der Waals surface area contributed by atoms with Gasteiger partial charge in [-0.05, 0) is 121 Å². The first-order valence-corrected chi connectivity index (χ1v) is 25.2. The number of piperazine rings is 1. The molecule has 0 bridgehead atoms. The highest BCUT2D eigenvalue weighted by Crippen LogP contribution is 2.43. The number of aromatic nitrogens is 5. The summed E-state index contributed by atoms with van der Waals surface area (Å²) < 4.78 is 32.3. The Morgan fingerprint density at radius 2 is 1.66 bits per heavy atom. The molecule has 4 aromatic carbocycles. The lowest BCUT2D eigenvalue weighted by atomic mass is 9.98. The van der Waals surface area contributed by atoms with Crippen LogP contribution in [0.15, 0.2) is 60.7 Å². The van der Waals surface area contributed by atoms with Crippen LogP contribution in [-0.2, 0) is 45.7 Å². The highest BCUT2D eigenvalue weighted by atomic mass is 35.5. The van der Waals surface area contributed by atoms with E-state index < -0.39 is 29.4 Å². The highest BCUT2D eigenvalue weighted by Gasteiger charge is 2.33. The number of piperidine rings is 1. The van der Waals surface area contributed by atoms with E-state index in [1.807, 2.05) is 93.1 Å². The molecule has 16 nitrogen and oxygen atoms in total. The predicted octanol–water partition coefficient (Wildman–Crippen LogP) is 7.92. The lowest BCUT2D eigenvalue weighted by molar-refractivity contribution is -0.135. The number of imidazole rings is 1. The number of amides is 4. The second-order valence-corrected chi connectivity index (χ2v) is 20.5. The van der Waals surface area contributed by atoms with E-state index >= 15 is 0 Å². The molecule has 1 unspecified atom stereocenters. The van der Waals surface area contributed by atoms with Gasteiger partial charge in [-0.3, -0.25) is 34.1 Å². The molecule has 9 rings (SSSR count). The molecule has 0 saturated carbocycles. The van der Waals surface area contributed by atoms with Gasteiger partial charge in [0.25, 0.3) is 5.91 Å². The molecule has 2 saturated heterocycles. The van der Waals surface area contributed by atoms with Crippen LogP contribution in [0.2, 0.25) is 5.02 Å². The van der Waals surface area contributed by atoms with Crippen molar-refractivity contribution < 1.29 is 37.8 Å². The topological polar surface area (TPSA) is 175 Å². The number of nitrogens with one attached hydrogen (secondary N) is 2. The number of carbonyl (C=O) groups excluding carboxylic acids is 5. The van der Waals surface area contributed by atoms with Crippen molar-refractivity contribution in [1.82, 2.24) is 44.3 Å². The maximum atomic E-state index is 14.7. The van der Waals surface area contributed by atoms with Crippen LogP contribution >= 0.6 is 11.6 Å². The highest BCUT2D eigenvalue weighted by molar-refractivity contribution is 6.35. The quantitative estimate of drug-likeness (QED) is 0.0619. The summed E-state index contributed by atoms with van der Waals surface area (Å²) in [5.41, 5.74) is 6.88. The Morgan fingerprint density at radius 3 is 2.37 bits per heavy atom. The molecule has 7 aromatic rings. The first kappa shape index (κ1) is 50.8. The number of halogens is 2. The van der Waals surface area contributed by atoms with E-state index in [1.54, 1.807) is 25.1 Å². The molecule has 0 aliphatic carbocycles. The first-order valence-electron chi connectivity index (χ1n) is 24.8. The Labute approximate surface area is 427 Å². The molecule has 18 heteroatoms. The van der Waals surface area contributed by atoms with Gasteiger partial charge >= 0.3 is 5.97 Å². The van der Waals surface area contributed by atoms with Gasteiger partial charge in [0.1, 0.15) is 46.8 Å².